The number of anilines is 2. The summed E-state index contributed by atoms with van der Waals surface area (Å²) < 4.78 is 82.5. The van der Waals surface area contributed by atoms with Crippen LogP contribution in [0.2, 0.25) is 0 Å². The van der Waals surface area contributed by atoms with Gasteiger partial charge < -0.3 is 30.2 Å². The molecule has 126 heavy (non-hydrogen) atoms. The Hall–Kier alpha value is -9.62. The Balaban J connectivity index is 0.540. The molecule has 0 spiro atoms. The summed E-state index contributed by atoms with van der Waals surface area (Å²) in [5, 5.41) is 32.0. The fourth-order valence-electron chi connectivity index (χ4n) is 18.4. The zero-order chi connectivity index (χ0) is 90.8. The van der Waals surface area contributed by atoms with Gasteiger partial charge in [0.2, 0.25) is 23.2 Å². The van der Waals surface area contributed by atoms with E-state index in [9.17, 15) is 54.7 Å². The van der Waals surface area contributed by atoms with Gasteiger partial charge in [-0.05, 0) is 241 Å². The second kappa shape index (κ2) is 40.8. The number of carbonyl (C=O) groups is 6. The molecule has 6 aromatic carbocycles. The van der Waals surface area contributed by atoms with E-state index in [1.54, 1.807) is 48.5 Å². The van der Waals surface area contributed by atoms with E-state index in [0.29, 0.717) is 121 Å². The molecule has 0 bridgehead atoms. The summed E-state index contributed by atoms with van der Waals surface area (Å²) in [6.45, 7) is 27.3. The lowest BCUT2D eigenvalue weighted by atomic mass is 9.81. The zero-order valence-electron chi connectivity index (χ0n) is 73.7. The number of nitrogens with zero attached hydrogens (tertiary/aromatic N) is 8. The average molecular weight is 1800 g/mol. The number of imide groups is 2. The summed E-state index contributed by atoms with van der Waals surface area (Å²) in [5.41, 5.74) is 10.8. The van der Waals surface area contributed by atoms with Gasteiger partial charge in [-0.1, -0.05) is 87.1 Å². The fourth-order valence-corrected chi connectivity index (χ4v) is 20.2. The van der Waals surface area contributed by atoms with E-state index in [1.165, 1.54) is 21.9 Å². The van der Waals surface area contributed by atoms with Gasteiger partial charge >= 0.3 is 0 Å². The number of hydrogen-bond donors (Lipinski definition) is 6. The third-order valence-corrected chi connectivity index (χ3v) is 27.9. The monoisotopic (exact) mass is 1800 g/mol. The van der Waals surface area contributed by atoms with Crippen LogP contribution in [0.4, 0.5) is 22.7 Å². The molecule has 0 saturated carbocycles. The highest BCUT2D eigenvalue weighted by Gasteiger charge is 2.48. The molecule has 0 radical (unpaired) electrons. The highest BCUT2D eigenvalue weighted by atomic mass is 32.2. The molecule has 0 atom stereocenters. The Morgan fingerprint density at radius 3 is 1.21 bits per heavy atom. The predicted octanol–water partition coefficient (Wildman–Crippen LogP) is 15.9. The summed E-state index contributed by atoms with van der Waals surface area (Å²) in [6, 6.07) is 27.7. The van der Waals surface area contributed by atoms with E-state index in [4.69, 9.17) is 19.2 Å². The molecule has 0 unspecified atom stereocenters. The maximum atomic E-state index is 14.2. The van der Waals surface area contributed by atoms with Crippen LogP contribution in [-0.4, -0.2) is 205 Å². The third-order valence-electron chi connectivity index (χ3n) is 25.0. The second-order valence-electron chi connectivity index (χ2n) is 34.7. The Kier molecular flexibility index (Phi) is 30.9. The maximum Gasteiger partial charge on any atom is 0.294 e. The van der Waals surface area contributed by atoms with Gasteiger partial charge in [-0.3, -0.25) is 47.7 Å². The smallest absolute Gasteiger partial charge is 0.294 e. The molecule has 6 amide bonds. The van der Waals surface area contributed by atoms with Gasteiger partial charge in [0.1, 0.15) is 13.1 Å². The lowest BCUT2D eigenvalue weighted by Gasteiger charge is -2.32. The van der Waals surface area contributed by atoms with Gasteiger partial charge in [-0.25, -0.2) is 10.5 Å². The molecule has 6 heterocycles. The molecule has 32 heteroatoms. The van der Waals surface area contributed by atoms with Crippen molar-refractivity contribution in [1.82, 2.24) is 30.2 Å². The highest BCUT2D eigenvalue weighted by molar-refractivity contribution is 7.94. The van der Waals surface area contributed by atoms with Gasteiger partial charge in [0.25, 0.3) is 43.9 Å². The van der Waals surface area contributed by atoms with Gasteiger partial charge in [0, 0.05) is 164 Å². The van der Waals surface area contributed by atoms with Crippen molar-refractivity contribution in [3.63, 3.8) is 0 Å². The molecule has 12 rings (SSSR count). The number of amides is 6. The van der Waals surface area contributed by atoms with Crippen LogP contribution in [0.1, 0.15) is 210 Å². The average Bonchev–Trinajstić information content (AvgIpc) is 1.01. The van der Waals surface area contributed by atoms with Crippen molar-refractivity contribution in [2.45, 2.75) is 188 Å². The van der Waals surface area contributed by atoms with Crippen LogP contribution < -0.4 is 20.4 Å². The summed E-state index contributed by atoms with van der Waals surface area (Å²) in [5.74, 6) is -2.04. The van der Waals surface area contributed by atoms with Crippen molar-refractivity contribution in [2.24, 2.45) is 0 Å². The van der Waals surface area contributed by atoms with Crippen molar-refractivity contribution in [3.05, 3.63) is 214 Å². The molecule has 28 nitrogen and oxygen atoms in total. The minimum absolute atomic E-state index is 0.0281. The molecule has 0 aliphatic carbocycles. The van der Waals surface area contributed by atoms with E-state index in [0.717, 1.165) is 134 Å². The number of rotatable bonds is 44. The minimum Gasteiger partial charge on any atom is -0.356 e. The summed E-state index contributed by atoms with van der Waals surface area (Å²) in [7, 11) is -4.94. The summed E-state index contributed by atoms with van der Waals surface area (Å²) in [4.78, 5) is 95.3. The molecule has 6 aliphatic heterocycles. The fraction of sp³-hybridized carbons (Fsp3) is 0.426. The van der Waals surface area contributed by atoms with Crippen LogP contribution in [-0.2, 0) is 70.2 Å². The minimum atomic E-state index is -4.46. The first-order valence-electron chi connectivity index (χ1n) is 43.0. The van der Waals surface area contributed by atoms with E-state index in [2.05, 4.69) is 96.2 Å². The van der Waals surface area contributed by atoms with Crippen molar-refractivity contribution < 1.29 is 93.1 Å². The Bertz CT molecular complexity index is 5640. The lowest BCUT2D eigenvalue weighted by molar-refractivity contribution is -0.433. The predicted molar refractivity (Wildman–Crippen MR) is 488 cm³/mol. The van der Waals surface area contributed by atoms with Gasteiger partial charge in [0.15, 0.2) is 11.4 Å². The van der Waals surface area contributed by atoms with Crippen LogP contribution in [0.3, 0.4) is 0 Å². The largest absolute Gasteiger partial charge is 0.356 e. The second-order valence-corrected chi connectivity index (χ2v) is 39.1. The summed E-state index contributed by atoms with van der Waals surface area (Å²) in [6.07, 6.45) is 27.7. The van der Waals surface area contributed by atoms with Crippen LogP contribution in [0, 0.1) is 0 Å². The van der Waals surface area contributed by atoms with E-state index >= 15 is 0 Å². The quantitative estimate of drug-likeness (QED) is 0.00302. The number of unbranched alkanes of at least 4 members (excludes halogenated alkanes) is 4. The van der Waals surface area contributed by atoms with Gasteiger partial charge in [-0.2, -0.15) is 26.0 Å². The van der Waals surface area contributed by atoms with Crippen molar-refractivity contribution in [2.75, 3.05) is 102 Å². The van der Waals surface area contributed by atoms with Crippen LogP contribution in [0.25, 0.3) is 10.8 Å². The normalized spacial score (nSPS) is 17.5. The molecule has 0 saturated heterocycles. The summed E-state index contributed by atoms with van der Waals surface area (Å²) >= 11 is 1.82. The molecule has 0 aromatic heterocycles. The Morgan fingerprint density at radius 1 is 0.437 bits per heavy atom. The van der Waals surface area contributed by atoms with E-state index < -0.39 is 60.1 Å². The highest BCUT2D eigenvalue weighted by Crippen LogP contribution is 2.52. The molecular weight excluding hydrogens is 1690 g/mol. The number of benzene rings is 6. The number of hydrogen-bond acceptors (Lipinski definition) is 22. The van der Waals surface area contributed by atoms with Gasteiger partial charge in [-0.15, -0.1) is 8.67 Å². The van der Waals surface area contributed by atoms with E-state index in [1.807, 2.05) is 134 Å². The number of allylic oxidation sites excluding steroid dienone is 12. The third kappa shape index (κ3) is 20.7. The zero-order valence-corrected chi connectivity index (χ0v) is 77.0. The van der Waals surface area contributed by atoms with Crippen molar-refractivity contribution >= 4 is 125 Å². The topological polar surface area (TPSA) is 338 Å². The molecule has 6 aliphatic rings. The molecule has 6 N–H and O–H groups in total. The van der Waals surface area contributed by atoms with Gasteiger partial charge in [0.05, 0.1) is 44.7 Å². The Morgan fingerprint density at radius 2 is 0.794 bits per heavy atom. The first kappa shape index (κ1) is 95.5. The van der Waals surface area contributed by atoms with Crippen molar-refractivity contribution in [1.29, 1.82) is 0 Å². The van der Waals surface area contributed by atoms with Crippen LogP contribution in [0.15, 0.2) is 189 Å². The number of nitrogens with one attached hydrogen (secondary N) is 2. The number of fused-ring (bicyclic) bond motifs is 4. The first-order chi connectivity index (χ1) is 60.0. The first-order valence-corrected chi connectivity index (χ1v) is 47.4. The SMILES string of the molecule is CC[N+]1=C(C=CC=CC=C2N(CCCCCC(=O)NCCCN(C)CCCN3C(=O)c4ccc5c6c(ccc(c46)C3=O)C(=O)N(CCCN(C)CCCNC(=O)CCCCCN3C(=CC=CC=CC4=[N+](CC)c6ccc(S(=O)(=O)O)cc6C4(C)C)C(C)(C)c4cc(SOOO)ccc43)C5=O)c3ccc(S(=O)(=O)O)cc3C2(C)C)C(C)(C)c2cc(SOOO)ccc21. The molecule has 0 fully saturated rings. The van der Waals surface area contributed by atoms with Crippen LogP contribution >= 0.6 is 24.1 Å². The van der Waals surface area contributed by atoms with E-state index in [-0.39, 0.29) is 62.4 Å². The Labute approximate surface area is 747 Å². The van der Waals surface area contributed by atoms with Crippen LogP contribution in [0.5, 0.6) is 0 Å². The molecular formula is C94H116N10O18S4+2. The standard InChI is InChI=1S/C94H114N10O18S4/c1-13-99-75-45-37-63(123-121-119-111)59-71(75)91(3,4)79(99)31-19-15-22-34-82-94(9,10)74-62-66(126(116,117)118)40-48-78(74)102(82)56-26-18-24-36-84(106)96-50-28-52-98(12)54-30-58-104-89(109)69-43-41-67-85-68(42-44-70(86(69)85)90(104)110)88(108)103(87(67)107)57-29-53-97(11)51-27-49-95-83(105)35-23-17-25-55-101-77-46-38-64(124-122-120-112)60-72(77)92(5,6)81(101)33-21-16-20-32-80-93(7,8)73-61-65(125(113,114)115)39-47-76(73)100(80)14-2/h15-16,19-22,31-34,37-48,59-62H,13-14,17-18,23-30,35-36,49-58H2,1-12H3,(H4-2,95,96,105,106,111,112,113,114,115,116,117,118)/p+2. The maximum absolute atomic E-state index is 14.2. The lowest BCUT2D eigenvalue weighted by Crippen LogP contribution is -2.44. The molecule has 6 aromatic rings. The number of carbonyl (C=O) groups excluding carboxylic acids is 6. The van der Waals surface area contributed by atoms with Crippen molar-refractivity contribution in [3.8, 4) is 0 Å². The molecule has 672 valence electrons.